The number of primary amides is 1. The van der Waals surface area contributed by atoms with Crippen molar-refractivity contribution in [2.24, 2.45) is 5.73 Å². The van der Waals surface area contributed by atoms with Gasteiger partial charge in [0.2, 0.25) is 11.8 Å². The van der Waals surface area contributed by atoms with Crippen molar-refractivity contribution in [1.82, 2.24) is 4.90 Å². The van der Waals surface area contributed by atoms with Crippen LogP contribution >= 0.6 is 0 Å². The van der Waals surface area contributed by atoms with Crippen LogP contribution < -0.4 is 15.4 Å². The number of anilines is 1. The van der Waals surface area contributed by atoms with Gasteiger partial charge in [0, 0.05) is 13.0 Å². The Morgan fingerprint density at radius 3 is 2.72 bits per heavy atom. The second-order valence-electron chi connectivity index (χ2n) is 5.90. The molecular formula is C17H23N3O5. The lowest BCUT2D eigenvalue weighted by Crippen LogP contribution is -2.45. The number of aliphatic carboxylic acids is 1. The van der Waals surface area contributed by atoms with Crippen LogP contribution in [0.2, 0.25) is 0 Å². The number of nitrogens with zero attached hydrogens (tertiary/aromatic N) is 2. The minimum absolute atomic E-state index is 0.00610. The molecule has 1 aromatic carbocycles. The van der Waals surface area contributed by atoms with Gasteiger partial charge in [0.25, 0.3) is 0 Å². The lowest BCUT2D eigenvalue weighted by atomic mass is 10.2. The first-order valence-electron chi connectivity index (χ1n) is 8.12. The van der Waals surface area contributed by atoms with Crippen molar-refractivity contribution < 1.29 is 24.2 Å². The number of carboxylic acid groups (broad SMARTS) is 1. The van der Waals surface area contributed by atoms with E-state index in [4.69, 9.17) is 10.5 Å². The van der Waals surface area contributed by atoms with Crippen LogP contribution in [0.5, 0.6) is 5.75 Å². The van der Waals surface area contributed by atoms with E-state index in [1.807, 2.05) is 0 Å². The predicted molar refractivity (Wildman–Crippen MR) is 91.4 cm³/mol. The van der Waals surface area contributed by atoms with Crippen molar-refractivity contribution in [3.8, 4) is 5.75 Å². The molecule has 1 unspecified atom stereocenters. The van der Waals surface area contributed by atoms with E-state index in [1.54, 1.807) is 29.2 Å². The minimum atomic E-state index is -0.925. The number of carboxylic acids is 1. The summed E-state index contributed by atoms with van der Waals surface area (Å²) in [6, 6.07) is 6.32. The molecule has 1 atom stereocenters. The van der Waals surface area contributed by atoms with Crippen molar-refractivity contribution >= 4 is 23.5 Å². The van der Waals surface area contributed by atoms with Gasteiger partial charge in [-0.25, -0.2) is 0 Å². The molecule has 2 amide bonds. The number of carbonyl (C=O) groups is 3. The number of hydrogen-bond donors (Lipinski definition) is 2. The van der Waals surface area contributed by atoms with Gasteiger partial charge in [-0.1, -0.05) is 12.1 Å². The Labute approximate surface area is 146 Å². The highest BCUT2D eigenvalue weighted by molar-refractivity contribution is 5.97. The van der Waals surface area contributed by atoms with E-state index in [0.29, 0.717) is 24.4 Å². The van der Waals surface area contributed by atoms with E-state index in [1.165, 1.54) is 12.0 Å². The first-order valence-corrected chi connectivity index (χ1v) is 8.12. The van der Waals surface area contributed by atoms with E-state index in [-0.39, 0.29) is 25.4 Å². The summed E-state index contributed by atoms with van der Waals surface area (Å²) in [5.41, 5.74) is 5.75. The number of ether oxygens (including phenoxy) is 1. The third-order valence-electron chi connectivity index (χ3n) is 4.25. The fraction of sp³-hybridized carbons (Fsp3) is 0.471. The molecule has 1 aliphatic heterocycles. The lowest BCUT2D eigenvalue weighted by Gasteiger charge is -2.28. The number of nitrogens with two attached hydrogens (primary N) is 1. The largest absolute Gasteiger partial charge is 0.495 e. The molecule has 8 heteroatoms. The topological polar surface area (TPSA) is 113 Å². The van der Waals surface area contributed by atoms with E-state index in [0.717, 1.165) is 6.42 Å². The van der Waals surface area contributed by atoms with Gasteiger partial charge in [-0.2, -0.15) is 0 Å². The minimum Gasteiger partial charge on any atom is -0.495 e. The molecule has 0 saturated carbocycles. The number of amides is 2. The van der Waals surface area contributed by atoms with Crippen molar-refractivity contribution in [3.63, 3.8) is 0 Å². The molecule has 1 heterocycles. The number of methoxy groups -OCH3 is 1. The number of para-hydroxylation sites is 2. The molecule has 0 aliphatic carbocycles. The van der Waals surface area contributed by atoms with Crippen LogP contribution in [0.1, 0.15) is 19.3 Å². The van der Waals surface area contributed by atoms with Gasteiger partial charge < -0.3 is 20.5 Å². The fourth-order valence-electron chi connectivity index (χ4n) is 3.01. The van der Waals surface area contributed by atoms with Crippen LogP contribution in [-0.2, 0) is 14.4 Å². The molecule has 1 aliphatic rings. The quantitative estimate of drug-likeness (QED) is 0.705. The van der Waals surface area contributed by atoms with Gasteiger partial charge >= 0.3 is 5.97 Å². The molecule has 0 radical (unpaired) electrons. The summed E-state index contributed by atoms with van der Waals surface area (Å²) in [6.45, 7) is 0.631. The highest BCUT2D eigenvalue weighted by Crippen LogP contribution is 2.28. The molecule has 1 aromatic rings. The number of carbonyl (C=O) groups excluding carboxylic acids is 2. The molecule has 136 valence electrons. The second kappa shape index (κ2) is 8.48. The van der Waals surface area contributed by atoms with Crippen molar-refractivity contribution in [1.29, 1.82) is 0 Å². The Bertz CT molecular complexity index is 649. The molecule has 25 heavy (non-hydrogen) atoms. The summed E-state index contributed by atoms with van der Waals surface area (Å²) >= 11 is 0. The first-order chi connectivity index (χ1) is 11.9. The highest BCUT2D eigenvalue weighted by atomic mass is 16.5. The highest BCUT2D eigenvalue weighted by Gasteiger charge is 2.33. The Balaban J connectivity index is 2.21. The van der Waals surface area contributed by atoms with E-state index < -0.39 is 17.9 Å². The summed E-state index contributed by atoms with van der Waals surface area (Å²) < 4.78 is 5.29. The molecule has 1 saturated heterocycles. The van der Waals surface area contributed by atoms with Gasteiger partial charge in [0.1, 0.15) is 11.8 Å². The molecule has 3 N–H and O–H groups in total. The Morgan fingerprint density at radius 2 is 2.08 bits per heavy atom. The zero-order valence-electron chi connectivity index (χ0n) is 14.2. The fourth-order valence-corrected chi connectivity index (χ4v) is 3.01. The van der Waals surface area contributed by atoms with E-state index >= 15 is 0 Å². The molecule has 0 spiro atoms. The Morgan fingerprint density at radius 1 is 1.36 bits per heavy atom. The van der Waals surface area contributed by atoms with Gasteiger partial charge in [-0.3, -0.25) is 19.3 Å². The van der Waals surface area contributed by atoms with Crippen LogP contribution in [0.15, 0.2) is 24.3 Å². The summed E-state index contributed by atoms with van der Waals surface area (Å²) in [6.07, 6.45) is 1.27. The van der Waals surface area contributed by atoms with Crippen LogP contribution in [0.25, 0.3) is 0 Å². The van der Waals surface area contributed by atoms with Gasteiger partial charge in [-0.05, 0) is 31.5 Å². The third kappa shape index (κ3) is 4.69. The lowest BCUT2D eigenvalue weighted by molar-refractivity contribution is -0.142. The predicted octanol–water partition coefficient (Wildman–Crippen LogP) is 0.453. The summed E-state index contributed by atoms with van der Waals surface area (Å²) in [5, 5.41) is 9.26. The number of rotatable bonds is 8. The molecule has 2 rings (SSSR count). The van der Waals surface area contributed by atoms with Gasteiger partial charge in [0.05, 0.1) is 19.3 Å². The van der Waals surface area contributed by atoms with Crippen molar-refractivity contribution in [2.45, 2.75) is 25.3 Å². The number of benzene rings is 1. The smallest absolute Gasteiger partial charge is 0.320 e. The zero-order chi connectivity index (χ0) is 18.4. The maximum atomic E-state index is 12.8. The Kier molecular flexibility index (Phi) is 6.35. The number of likely N-dealkylation sites (tertiary alicyclic amines) is 1. The normalized spacial score (nSPS) is 17.2. The van der Waals surface area contributed by atoms with Crippen LogP contribution in [-0.4, -0.2) is 60.6 Å². The van der Waals surface area contributed by atoms with Crippen molar-refractivity contribution in [3.05, 3.63) is 24.3 Å². The first kappa shape index (κ1) is 18.7. The number of hydrogen-bond acceptors (Lipinski definition) is 5. The summed E-state index contributed by atoms with van der Waals surface area (Å²) in [5.74, 6) is -1.24. The SMILES string of the molecule is COc1ccccc1N(CCC(N)=O)C(=O)CN1CCCC1C(=O)O. The maximum Gasteiger partial charge on any atom is 0.320 e. The second-order valence-corrected chi connectivity index (χ2v) is 5.90. The molecular weight excluding hydrogens is 326 g/mol. The molecule has 1 fully saturated rings. The molecule has 0 aromatic heterocycles. The summed E-state index contributed by atoms with van der Waals surface area (Å²) in [4.78, 5) is 38.4. The summed E-state index contributed by atoms with van der Waals surface area (Å²) in [7, 11) is 1.50. The van der Waals surface area contributed by atoms with Gasteiger partial charge in [0.15, 0.2) is 0 Å². The third-order valence-corrected chi connectivity index (χ3v) is 4.25. The monoisotopic (exact) mass is 349 g/mol. The zero-order valence-corrected chi connectivity index (χ0v) is 14.2. The van der Waals surface area contributed by atoms with Gasteiger partial charge in [-0.15, -0.1) is 0 Å². The molecule has 8 nitrogen and oxygen atoms in total. The van der Waals surface area contributed by atoms with Crippen molar-refractivity contribution in [2.75, 3.05) is 31.6 Å². The Hall–Kier alpha value is -2.61. The molecule has 0 bridgehead atoms. The van der Waals surface area contributed by atoms with Crippen LogP contribution in [0.4, 0.5) is 5.69 Å². The van der Waals surface area contributed by atoms with E-state index in [2.05, 4.69) is 0 Å². The van der Waals surface area contributed by atoms with Crippen LogP contribution in [0.3, 0.4) is 0 Å². The maximum absolute atomic E-state index is 12.8. The standard InChI is InChI=1S/C17H23N3O5/c1-25-14-7-3-2-5-12(14)20(10-8-15(18)21)16(22)11-19-9-4-6-13(19)17(23)24/h2-3,5,7,13H,4,6,8-11H2,1H3,(H2,18,21)(H,23,24). The average Bonchev–Trinajstić information content (AvgIpc) is 3.03. The van der Waals surface area contributed by atoms with Crippen LogP contribution in [0, 0.1) is 0 Å². The average molecular weight is 349 g/mol. The van der Waals surface area contributed by atoms with E-state index in [9.17, 15) is 19.5 Å².